The van der Waals surface area contributed by atoms with E-state index >= 15 is 0 Å². The van der Waals surface area contributed by atoms with Crippen molar-refractivity contribution in [3.05, 3.63) is 58.8 Å². The van der Waals surface area contributed by atoms with E-state index < -0.39 is 73.3 Å². The molecule has 1 aliphatic rings. The summed E-state index contributed by atoms with van der Waals surface area (Å²) in [4.78, 5) is 34.9. The molecular formula is C25H24O12. The van der Waals surface area contributed by atoms with Gasteiger partial charge in [-0.2, -0.15) is 0 Å². The van der Waals surface area contributed by atoms with E-state index in [1.165, 1.54) is 12.1 Å². The van der Waals surface area contributed by atoms with Crippen molar-refractivity contribution in [2.24, 2.45) is 0 Å². The van der Waals surface area contributed by atoms with Crippen molar-refractivity contribution in [3.8, 4) is 22.8 Å². The lowest BCUT2D eigenvalue weighted by Crippen LogP contribution is -2.60. The second-order valence-electron chi connectivity index (χ2n) is 8.37. The van der Waals surface area contributed by atoms with Crippen molar-refractivity contribution in [2.45, 2.75) is 43.5 Å². The maximum absolute atomic E-state index is 12.6. The molecule has 0 saturated carbocycles. The van der Waals surface area contributed by atoms with Gasteiger partial charge in [-0.1, -0.05) is 30.3 Å². The zero-order chi connectivity index (χ0) is 26.7. The maximum atomic E-state index is 12.6. The first-order valence-corrected chi connectivity index (χ1v) is 11.2. The molecular weight excluding hydrogens is 492 g/mol. The fourth-order valence-electron chi connectivity index (χ4n) is 3.80. The predicted octanol–water partition coefficient (Wildman–Crippen LogP) is 0.760. The molecule has 12 nitrogen and oxygen atoms in total. The number of rotatable bonds is 8. The molecule has 2 heterocycles. The lowest BCUT2D eigenvalue weighted by Gasteiger charge is -2.39. The summed E-state index contributed by atoms with van der Waals surface area (Å²) in [5.41, 5.74) is 0.105. The van der Waals surface area contributed by atoms with E-state index in [0.717, 1.165) is 6.07 Å². The number of aliphatic carboxylic acids is 1. The van der Waals surface area contributed by atoms with Crippen molar-refractivity contribution < 1.29 is 53.7 Å². The topological polar surface area (TPSA) is 193 Å². The van der Waals surface area contributed by atoms with Gasteiger partial charge in [0.15, 0.2) is 5.43 Å². The van der Waals surface area contributed by atoms with Crippen molar-refractivity contribution in [1.82, 2.24) is 0 Å². The molecule has 5 N–H and O–H groups in total. The van der Waals surface area contributed by atoms with Gasteiger partial charge < -0.3 is 44.2 Å². The molecule has 37 heavy (non-hydrogen) atoms. The summed E-state index contributed by atoms with van der Waals surface area (Å²) in [5, 5.41) is 49.8. The average Bonchev–Trinajstić information content (AvgIpc) is 2.87. The van der Waals surface area contributed by atoms with Crippen LogP contribution in [0.1, 0.15) is 12.8 Å². The van der Waals surface area contributed by atoms with Gasteiger partial charge >= 0.3 is 11.9 Å². The zero-order valence-electron chi connectivity index (χ0n) is 19.2. The summed E-state index contributed by atoms with van der Waals surface area (Å²) in [6, 6.07) is 12.4. The molecule has 1 aromatic heterocycles. The van der Waals surface area contributed by atoms with E-state index in [1.54, 1.807) is 30.3 Å². The highest BCUT2D eigenvalue weighted by Gasteiger charge is 2.45. The van der Waals surface area contributed by atoms with Crippen LogP contribution in [0.3, 0.4) is 0 Å². The number of phenolic OH excluding ortho intramolecular Hbond substituents is 1. The summed E-state index contributed by atoms with van der Waals surface area (Å²) in [5.74, 6) is -2.37. The van der Waals surface area contributed by atoms with Crippen LogP contribution in [0, 0.1) is 0 Å². The molecule has 1 aliphatic heterocycles. The Bertz CT molecular complexity index is 1330. The Morgan fingerprint density at radius 2 is 1.68 bits per heavy atom. The summed E-state index contributed by atoms with van der Waals surface area (Å²) < 4.78 is 21.8. The number of carbonyl (C=O) groups is 2. The molecule has 0 radical (unpaired) electrons. The second kappa shape index (κ2) is 11.0. The quantitative estimate of drug-likeness (QED) is 0.264. The molecule has 0 aliphatic carbocycles. The zero-order valence-corrected chi connectivity index (χ0v) is 19.2. The Morgan fingerprint density at radius 1 is 0.946 bits per heavy atom. The molecule has 196 valence electrons. The van der Waals surface area contributed by atoms with Crippen LogP contribution in [-0.4, -0.2) is 74.8 Å². The minimum atomic E-state index is -1.75. The Balaban J connectivity index is 1.54. The van der Waals surface area contributed by atoms with Gasteiger partial charge in [-0.15, -0.1) is 0 Å². The Morgan fingerprint density at radius 3 is 2.38 bits per heavy atom. The Hall–Kier alpha value is -3.97. The monoisotopic (exact) mass is 516 g/mol. The third kappa shape index (κ3) is 5.89. The highest BCUT2D eigenvalue weighted by Crippen LogP contribution is 2.33. The largest absolute Gasteiger partial charge is 0.507 e. The first-order valence-electron chi connectivity index (χ1n) is 11.2. The van der Waals surface area contributed by atoms with Gasteiger partial charge in [0, 0.05) is 23.8 Å². The van der Waals surface area contributed by atoms with E-state index in [-0.39, 0.29) is 22.5 Å². The number of phenols is 1. The molecule has 4 rings (SSSR count). The summed E-state index contributed by atoms with van der Waals surface area (Å²) >= 11 is 0. The first kappa shape index (κ1) is 26.1. The van der Waals surface area contributed by atoms with Gasteiger partial charge in [-0.3, -0.25) is 14.4 Å². The highest BCUT2D eigenvalue weighted by atomic mass is 16.7. The van der Waals surface area contributed by atoms with Crippen LogP contribution in [0.4, 0.5) is 0 Å². The highest BCUT2D eigenvalue weighted by molar-refractivity contribution is 5.86. The number of carboxylic acid groups (broad SMARTS) is 1. The standard InChI is InChI=1S/C25H24O12/c26-14-8-13(9-17-21(14)15(27)10-16(36-17)12-4-2-1-3-5-12)35-25-24(33)23(32)22(31)18(37-25)11-34-20(30)7-6-19(28)29/h1-5,8-10,18,22-26,31-33H,6-7,11H2,(H,28,29)/t18-,22-,23+,24-,25-/m1/s1. The van der Waals surface area contributed by atoms with Gasteiger partial charge in [-0.25, -0.2) is 0 Å². The van der Waals surface area contributed by atoms with E-state index in [2.05, 4.69) is 0 Å². The predicted molar refractivity (Wildman–Crippen MR) is 125 cm³/mol. The number of hydrogen-bond acceptors (Lipinski definition) is 11. The van der Waals surface area contributed by atoms with Gasteiger partial charge in [0.05, 0.1) is 12.8 Å². The molecule has 0 bridgehead atoms. The number of carboxylic acids is 1. The van der Waals surface area contributed by atoms with E-state index in [4.69, 9.17) is 23.7 Å². The maximum Gasteiger partial charge on any atom is 0.306 e. The van der Waals surface area contributed by atoms with Crippen LogP contribution in [0.2, 0.25) is 0 Å². The smallest absolute Gasteiger partial charge is 0.306 e. The van der Waals surface area contributed by atoms with Gasteiger partial charge in [-0.05, 0) is 0 Å². The van der Waals surface area contributed by atoms with Crippen LogP contribution in [0.5, 0.6) is 11.5 Å². The van der Waals surface area contributed by atoms with Crippen molar-refractivity contribution in [2.75, 3.05) is 6.61 Å². The number of aliphatic hydroxyl groups is 3. The van der Waals surface area contributed by atoms with Gasteiger partial charge in [0.2, 0.25) is 6.29 Å². The van der Waals surface area contributed by atoms with Crippen LogP contribution in [0.15, 0.2) is 57.7 Å². The number of carbonyl (C=O) groups excluding carboxylic acids is 1. The molecule has 1 fully saturated rings. The minimum Gasteiger partial charge on any atom is -0.507 e. The van der Waals surface area contributed by atoms with E-state index in [1.807, 2.05) is 0 Å². The van der Waals surface area contributed by atoms with Crippen molar-refractivity contribution in [3.63, 3.8) is 0 Å². The number of ether oxygens (including phenoxy) is 3. The van der Waals surface area contributed by atoms with Crippen LogP contribution in [0.25, 0.3) is 22.3 Å². The fraction of sp³-hybridized carbons (Fsp3) is 0.320. The summed E-state index contributed by atoms with van der Waals surface area (Å²) in [6.45, 7) is -0.554. The van der Waals surface area contributed by atoms with E-state index in [0.29, 0.717) is 5.56 Å². The average molecular weight is 516 g/mol. The molecule has 0 unspecified atom stereocenters. The number of benzene rings is 2. The molecule has 12 heteroatoms. The number of hydrogen-bond donors (Lipinski definition) is 5. The molecule has 5 atom stereocenters. The fourth-order valence-corrected chi connectivity index (χ4v) is 3.80. The molecule has 3 aromatic rings. The lowest BCUT2D eigenvalue weighted by atomic mass is 9.99. The number of fused-ring (bicyclic) bond motifs is 1. The SMILES string of the molecule is O=C(O)CCC(=O)OC[C@H]1O[C@@H](Oc2cc(O)c3c(=O)cc(-c4ccccc4)oc3c2)[C@H](O)[C@@H](O)[C@@H]1O. The van der Waals surface area contributed by atoms with Crippen LogP contribution < -0.4 is 10.2 Å². The Kier molecular flexibility index (Phi) is 7.74. The normalized spacial score (nSPS) is 23.5. The van der Waals surface area contributed by atoms with Gasteiger partial charge in [0.25, 0.3) is 0 Å². The number of aromatic hydroxyl groups is 1. The second-order valence-corrected chi connectivity index (χ2v) is 8.37. The van der Waals surface area contributed by atoms with Crippen LogP contribution >= 0.6 is 0 Å². The van der Waals surface area contributed by atoms with Gasteiger partial charge in [0.1, 0.15) is 59.3 Å². The summed E-state index contributed by atoms with van der Waals surface area (Å²) in [7, 11) is 0. The molecule has 0 amide bonds. The summed E-state index contributed by atoms with van der Waals surface area (Å²) in [6.07, 6.45) is -8.91. The lowest BCUT2D eigenvalue weighted by molar-refractivity contribution is -0.278. The van der Waals surface area contributed by atoms with Crippen molar-refractivity contribution >= 4 is 22.9 Å². The number of aliphatic hydroxyl groups excluding tert-OH is 3. The first-order chi connectivity index (χ1) is 17.6. The molecule has 0 spiro atoms. The third-order valence-corrected chi connectivity index (χ3v) is 5.71. The number of esters is 1. The van der Waals surface area contributed by atoms with E-state index in [9.17, 15) is 34.8 Å². The van der Waals surface area contributed by atoms with Crippen molar-refractivity contribution in [1.29, 1.82) is 0 Å². The Labute approximate surface area is 208 Å². The third-order valence-electron chi connectivity index (χ3n) is 5.71. The molecule has 1 saturated heterocycles. The molecule has 2 aromatic carbocycles. The van der Waals surface area contributed by atoms with Crippen LogP contribution in [-0.2, 0) is 19.1 Å². The minimum absolute atomic E-state index is 0.0175.